The summed E-state index contributed by atoms with van der Waals surface area (Å²) in [5, 5.41) is 7.57. The molecule has 0 spiro atoms. The van der Waals surface area contributed by atoms with Gasteiger partial charge in [0.05, 0.1) is 7.11 Å². The van der Waals surface area contributed by atoms with E-state index in [1.54, 1.807) is 11.0 Å². The third-order valence-electron chi connectivity index (χ3n) is 2.27. The molecule has 0 aliphatic heterocycles. The van der Waals surface area contributed by atoms with Gasteiger partial charge in [-0.3, -0.25) is 9.59 Å². The zero-order valence-corrected chi connectivity index (χ0v) is 10.4. The van der Waals surface area contributed by atoms with Crippen LogP contribution in [0, 0.1) is 0 Å². The number of carbonyl (C=O) groups excluding carboxylic acids is 2. The van der Waals surface area contributed by atoms with Crippen molar-refractivity contribution in [2.24, 2.45) is 5.73 Å². The Morgan fingerprint density at radius 1 is 1.39 bits per heavy atom. The molecule has 7 heteroatoms. The lowest BCUT2D eigenvalue weighted by Gasteiger charge is -2.20. The van der Waals surface area contributed by atoms with Crippen LogP contribution < -0.4 is 10.6 Å². The van der Waals surface area contributed by atoms with Gasteiger partial charge < -0.3 is 15.4 Å². The molecule has 0 bridgehead atoms. The number of methoxy groups -OCH3 is 1. The van der Waals surface area contributed by atoms with E-state index in [1.807, 2.05) is 6.92 Å². The molecule has 0 aromatic carbocycles. The van der Waals surface area contributed by atoms with Crippen molar-refractivity contribution in [3.8, 4) is 0 Å². The first-order chi connectivity index (χ1) is 8.58. The van der Waals surface area contributed by atoms with Crippen molar-refractivity contribution >= 4 is 17.7 Å². The maximum absolute atomic E-state index is 11.3. The number of carbonyl (C=O) groups is 2. The van der Waals surface area contributed by atoms with E-state index in [9.17, 15) is 9.59 Å². The highest BCUT2D eigenvalue weighted by Gasteiger charge is 2.13. The molecule has 0 saturated heterocycles. The van der Waals surface area contributed by atoms with E-state index >= 15 is 0 Å². The van der Waals surface area contributed by atoms with Crippen molar-refractivity contribution in [3.63, 3.8) is 0 Å². The Kier molecular flexibility index (Phi) is 5.04. The maximum atomic E-state index is 11.3. The molecule has 0 aliphatic rings. The fraction of sp³-hybridized carbons (Fsp3) is 0.455. The molecule has 1 rings (SSSR count). The van der Waals surface area contributed by atoms with E-state index in [0.717, 1.165) is 6.42 Å². The Morgan fingerprint density at radius 2 is 2.11 bits per heavy atom. The molecule has 98 valence electrons. The first-order valence-electron chi connectivity index (χ1n) is 5.53. The van der Waals surface area contributed by atoms with E-state index in [1.165, 1.54) is 13.2 Å². The number of ether oxygens (including phenoxy) is 1. The minimum Gasteiger partial charge on any atom is -0.468 e. The van der Waals surface area contributed by atoms with Gasteiger partial charge >= 0.3 is 5.97 Å². The minimum absolute atomic E-state index is 0.0910. The third-order valence-corrected chi connectivity index (χ3v) is 2.27. The van der Waals surface area contributed by atoms with Crippen molar-refractivity contribution in [1.29, 1.82) is 0 Å². The molecule has 2 N–H and O–H groups in total. The lowest BCUT2D eigenvalue weighted by atomic mass is 10.3. The van der Waals surface area contributed by atoms with E-state index in [0.29, 0.717) is 12.4 Å². The number of amides is 1. The quantitative estimate of drug-likeness (QED) is 0.713. The lowest BCUT2D eigenvalue weighted by Crippen LogP contribution is -2.32. The maximum Gasteiger partial charge on any atom is 0.325 e. The second-order valence-corrected chi connectivity index (χ2v) is 3.64. The summed E-state index contributed by atoms with van der Waals surface area (Å²) in [6, 6.07) is 3.08. The summed E-state index contributed by atoms with van der Waals surface area (Å²) in [6.07, 6.45) is 0.843. The zero-order valence-electron chi connectivity index (χ0n) is 10.4. The largest absolute Gasteiger partial charge is 0.468 e. The minimum atomic E-state index is -0.635. The van der Waals surface area contributed by atoms with Gasteiger partial charge in [0, 0.05) is 6.54 Å². The van der Waals surface area contributed by atoms with Crippen molar-refractivity contribution in [2.75, 3.05) is 25.1 Å². The first-order valence-corrected chi connectivity index (χ1v) is 5.53. The van der Waals surface area contributed by atoms with Crippen LogP contribution in [0.5, 0.6) is 0 Å². The van der Waals surface area contributed by atoms with Crippen LogP contribution in [-0.2, 0) is 9.53 Å². The van der Waals surface area contributed by atoms with E-state index < -0.39 is 5.91 Å². The molecule has 0 unspecified atom stereocenters. The Bertz CT molecular complexity index is 419. The summed E-state index contributed by atoms with van der Waals surface area (Å²) in [5.74, 6) is -0.486. The van der Waals surface area contributed by atoms with Crippen LogP contribution in [0.25, 0.3) is 0 Å². The van der Waals surface area contributed by atoms with Crippen LogP contribution >= 0.6 is 0 Å². The number of hydrogen-bond acceptors (Lipinski definition) is 6. The van der Waals surface area contributed by atoms with Gasteiger partial charge in [-0.1, -0.05) is 6.92 Å². The predicted molar refractivity (Wildman–Crippen MR) is 65.1 cm³/mol. The van der Waals surface area contributed by atoms with Gasteiger partial charge in [-0.2, -0.15) is 0 Å². The monoisotopic (exact) mass is 252 g/mol. The van der Waals surface area contributed by atoms with Crippen molar-refractivity contribution in [2.45, 2.75) is 13.3 Å². The molecule has 7 nitrogen and oxygen atoms in total. The van der Waals surface area contributed by atoms with Gasteiger partial charge in [0.15, 0.2) is 11.5 Å². The fourth-order valence-corrected chi connectivity index (χ4v) is 1.39. The van der Waals surface area contributed by atoms with Gasteiger partial charge in [-0.25, -0.2) is 0 Å². The number of aromatic nitrogens is 2. The average Bonchev–Trinajstić information content (AvgIpc) is 2.38. The van der Waals surface area contributed by atoms with Crippen LogP contribution in [0.4, 0.5) is 5.82 Å². The van der Waals surface area contributed by atoms with Gasteiger partial charge in [-0.05, 0) is 18.6 Å². The Labute approximate surface area is 105 Å². The predicted octanol–water partition coefficient (Wildman–Crippen LogP) is -0.0351. The van der Waals surface area contributed by atoms with Gasteiger partial charge in [-0.15, -0.1) is 10.2 Å². The third kappa shape index (κ3) is 3.69. The molecule has 0 atom stereocenters. The average molecular weight is 252 g/mol. The summed E-state index contributed by atoms with van der Waals surface area (Å²) >= 11 is 0. The van der Waals surface area contributed by atoms with Crippen molar-refractivity contribution in [3.05, 3.63) is 17.8 Å². The zero-order chi connectivity index (χ0) is 13.5. The number of hydrogen-bond donors (Lipinski definition) is 1. The van der Waals surface area contributed by atoms with Crippen LogP contribution in [0.1, 0.15) is 23.8 Å². The van der Waals surface area contributed by atoms with Crippen molar-refractivity contribution in [1.82, 2.24) is 10.2 Å². The summed E-state index contributed by atoms with van der Waals surface area (Å²) < 4.78 is 4.61. The number of nitrogens with two attached hydrogens (primary N) is 1. The van der Waals surface area contributed by atoms with Crippen LogP contribution in [-0.4, -0.2) is 42.3 Å². The highest BCUT2D eigenvalue weighted by molar-refractivity contribution is 5.90. The number of rotatable bonds is 6. The normalized spacial score (nSPS) is 9.89. The summed E-state index contributed by atoms with van der Waals surface area (Å²) in [5.41, 5.74) is 5.16. The van der Waals surface area contributed by atoms with E-state index in [2.05, 4.69) is 14.9 Å². The second kappa shape index (κ2) is 6.53. The number of nitrogens with zero attached hydrogens (tertiary/aromatic N) is 3. The van der Waals surface area contributed by atoms with Crippen LogP contribution in [0.2, 0.25) is 0 Å². The summed E-state index contributed by atoms with van der Waals surface area (Å²) in [7, 11) is 1.33. The summed E-state index contributed by atoms with van der Waals surface area (Å²) in [4.78, 5) is 23.8. The fourth-order valence-electron chi connectivity index (χ4n) is 1.39. The molecule has 0 radical (unpaired) electrons. The van der Waals surface area contributed by atoms with Gasteiger partial charge in [0.25, 0.3) is 5.91 Å². The van der Waals surface area contributed by atoms with E-state index in [-0.39, 0.29) is 18.2 Å². The molecular weight excluding hydrogens is 236 g/mol. The lowest BCUT2D eigenvalue weighted by molar-refractivity contribution is -0.138. The topological polar surface area (TPSA) is 98.4 Å². The molecule has 18 heavy (non-hydrogen) atoms. The standard InChI is InChI=1S/C11H16N4O3/c1-3-6-15(7-10(16)18-2)9-5-4-8(11(12)17)13-14-9/h4-5H,3,6-7H2,1-2H3,(H2,12,17). The Hall–Kier alpha value is -2.18. The highest BCUT2D eigenvalue weighted by Crippen LogP contribution is 2.10. The van der Waals surface area contributed by atoms with Crippen molar-refractivity contribution < 1.29 is 14.3 Å². The summed E-state index contributed by atoms with van der Waals surface area (Å²) in [6.45, 7) is 2.71. The Morgan fingerprint density at radius 3 is 2.56 bits per heavy atom. The molecule has 0 fully saturated rings. The molecule has 0 saturated carbocycles. The molecule has 1 aromatic heterocycles. The number of anilines is 1. The molecule has 1 amide bonds. The molecule has 0 aliphatic carbocycles. The molecule has 1 aromatic rings. The van der Waals surface area contributed by atoms with Gasteiger partial charge in [0.1, 0.15) is 6.54 Å². The Balaban J connectivity index is 2.84. The van der Waals surface area contributed by atoms with Crippen LogP contribution in [0.15, 0.2) is 12.1 Å². The second-order valence-electron chi connectivity index (χ2n) is 3.64. The van der Waals surface area contributed by atoms with Crippen LogP contribution in [0.3, 0.4) is 0 Å². The first kappa shape index (κ1) is 13.9. The number of esters is 1. The highest BCUT2D eigenvalue weighted by atomic mass is 16.5. The SMILES string of the molecule is CCCN(CC(=O)OC)c1ccc(C(N)=O)nn1. The van der Waals surface area contributed by atoms with E-state index in [4.69, 9.17) is 5.73 Å². The molecular formula is C11H16N4O3. The number of primary amides is 1. The van der Waals surface area contributed by atoms with Gasteiger partial charge in [0.2, 0.25) is 0 Å². The molecule has 1 heterocycles. The smallest absolute Gasteiger partial charge is 0.325 e.